The first-order chi connectivity index (χ1) is 11.5. The van der Waals surface area contributed by atoms with Crippen LogP contribution in [0.4, 0.5) is 0 Å². The minimum Gasteiger partial charge on any atom is -0.272 e. The van der Waals surface area contributed by atoms with Crippen LogP contribution in [-0.2, 0) is 0 Å². The fraction of sp³-hybridized carbons (Fsp3) is 0. The summed E-state index contributed by atoms with van der Waals surface area (Å²) in [5, 5.41) is 0.770. The van der Waals surface area contributed by atoms with Gasteiger partial charge in [0.1, 0.15) is 0 Å². The lowest BCUT2D eigenvalue weighted by molar-refractivity contribution is 0.107. The van der Waals surface area contributed by atoms with E-state index in [2.05, 4.69) is 9.97 Å². The minimum atomic E-state index is -0.746. The van der Waals surface area contributed by atoms with Crippen LogP contribution < -0.4 is 0 Å². The van der Waals surface area contributed by atoms with Crippen molar-refractivity contribution in [3.05, 3.63) is 69.6 Å². The number of aromatic nitrogens is 2. The van der Waals surface area contributed by atoms with E-state index in [1.54, 1.807) is 30.3 Å². The summed E-state index contributed by atoms with van der Waals surface area (Å²) in [6.07, 6.45) is 1.53. The number of nitrogens with zero attached hydrogens (tertiary/aromatic N) is 2. The summed E-state index contributed by atoms with van der Waals surface area (Å²) in [6, 6.07) is 12.2. The molecule has 1 heterocycles. The van der Waals surface area contributed by atoms with E-state index in [0.717, 1.165) is 5.56 Å². The van der Waals surface area contributed by atoms with Crippen LogP contribution in [0.15, 0.2) is 48.7 Å². The fourth-order valence-electron chi connectivity index (χ4n) is 2.20. The van der Waals surface area contributed by atoms with Gasteiger partial charge in [0.2, 0.25) is 5.82 Å². The average molecular weight is 398 g/mol. The van der Waals surface area contributed by atoms with Crippen molar-refractivity contribution < 1.29 is 4.79 Å². The highest BCUT2D eigenvalue weighted by atomic mass is 35.5. The molecule has 0 radical (unpaired) electrons. The Kier molecular flexibility index (Phi) is 5.07. The zero-order chi connectivity index (χ0) is 17.3. The molecule has 120 valence electrons. The highest BCUT2D eigenvalue weighted by Crippen LogP contribution is 2.36. The number of hydrogen-bond donors (Lipinski definition) is 0. The molecule has 1 aromatic heterocycles. The van der Waals surface area contributed by atoms with Crippen LogP contribution in [0, 0.1) is 0 Å². The first-order valence-electron chi connectivity index (χ1n) is 6.74. The van der Waals surface area contributed by atoms with Crippen LogP contribution >= 0.6 is 46.4 Å². The Labute approximate surface area is 158 Å². The van der Waals surface area contributed by atoms with Gasteiger partial charge < -0.3 is 0 Å². The summed E-state index contributed by atoms with van der Waals surface area (Å²) < 4.78 is 0. The van der Waals surface area contributed by atoms with Gasteiger partial charge >= 0.3 is 0 Å². The third-order valence-electron chi connectivity index (χ3n) is 3.31. The maximum Gasteiger partial charge on any atom is 0.289 e. The second kappa shape index (κ2) is 7.08. The quantitative estimate of drug-likeness (QED) is 0.497. The topological polar surface area (TPSA) is 42.9 Å². The van der Waals surface area contributed by atoms with Crippen molar-refractivity contribution in [2.24, 2.45) is 0 Å². The Balaban J connectivity index is 2.26. The molecule has 0 fully saturated rings. The van der Waals surface area contributed by atoms with Crippen molar-refractivity contribution in [1.82, 2.24) is 9.97 Å². The summed E-state index contributed by atoms with van der Waals surface area (Å²) in [5.74, 6) is -0.101. The molecule has 0 unspecified atom stereocenters. The molecule has 0 amide bonds. The summed E-state index contributed by atoms with van der Waals surface area (Å²) >= 11 is 23.7. The molecule has 0 spiro atoms. The van der Waals surface area contributed by atoms with Gasteiger partial charge in [-0.2, -0.15) is 0 Å². The number of hydrogen-bond acceptors (Lipinski definition) is 3. The molecule has 0 bridgehead atoms. The van der Waals surface area contributed by atoms with E-state index in [0.29, 0.717) is 31.9 Å². The molecule has 0 aliphatic heterocycles. The van der Waals surface area contributed by atoms with Gasteiger partial charge in [-0.25, -0.2) is 9.97 Å². The highest BCUT2D eigenvalue weighted by molar-refractivity contribution is 6.67. The predicted octanol–water partition coefficient (Wildman–Crippen LogP) is 6.15. The first-order valence-corrected chi connectivity index (χ1v) is 8.25. The normalized spacial score (nSPS) is 10.7. The van der Waals surface area contributed by atoms with Gasteiger partial charge in [-0.05, 0) is 47.5 Å². The number of carbonyl (C=O) groups is 1. The molecule has 0 saturated heterocycles. The van der Waals surface area contributed by atoms with Crippen LogP contribution in [0.1, 0.15) is 10.6 Å². The van der Waals surface area contributed by atoms with Crippen molar-refractivity contribution in [3.63, 3.8) is 0 Å². The Hall–Kier alpha value is -1.65. The molecule has 24 heavy (non-hydrogen) atoms. The van der Waals surface area contributed by atoms with Gasteiger partial charge in [-0.3, -0.25) is 4.79 Å². The largest absolute Gasteiger partial charge is 0.289 e. The third-order valence-corrected chi connectivity index (χ3v) is 4.27. The molecular weight excluding hydrogens is 390 g/mol. The van der Waals surface area contributed by atoms with Crippen molar-refractivity contribution in [1.29, 1.82) is 0 Å². The van der Waals surface area contributed by atoms with Gasteiger partial charge in [0, 0.05) is 27.4 Å². The van der Waals surface area contributed by atoms with Crippen molar-refractivity contribution >= 4 is 51.6 Å². The molecule has 0 aliphatic carbocycles. The Bertz CT molecular complexity index is 926. The Morgan fingerprint density at radius 1 is 0.875 bits per heavy atom. The van der Waals surface area contributed by atoms with Crippen LogP contribution in [0.25, 0.3) is 22.4 Å². The lowest BCUT2D eigenvalue weighted by Gasteiger charge is -2.11. The molecule has 0 N–H and O–H groups in total. The maximum atomic E-state index is 11.4. The standard InChI is InChI=1S/C17H8Cl4N2O/c18-10-3-1-9(2-4-10)13-8-22-17(16(21)24)23-15(13)12-6-5-11(19)7-14(12)20/h1-8H. The molecule has 0 atom stereocenters. The molecular formula is C17H8Cl4N2O. The van der Waals surface area contributed by atoms with E-state index in [4.69, 9.17) is 46.4 Å². The number of halogens is 4. The van der Waals surface area contributed by atoms with Gasteiger partial charge in [0.25, 0.3) is 5.24 Å². The summed E-state index contributed by atoms with van der Waals surface area (Å²) in [4.78, 5) is 19.7. The van der Waals surface area contributed by atoms with Crippen LogP contribution in [0.5, 0.6) is 0 Å². The molecule has 3 aromatic rings. The summed E-state index contributed by atoms with van der Waals surface area (Å²) in [7, 11) is 0. The SMILES string of the molecule is O=C(Cl)c1ncc(-c2ccc(Cl)cc2)c(-c2ccc(Cl)cc2Cl)n1. The van der Waals surface area contributed by atoms with Crippen molar-refractivity contribution in [2.75, 3.05) is 0 Å². The fourth-order valence-corrected chi connectivity index (χ4v) is 2.92. The van der Waals surface area contributed by atoms with E-state index in [1.165, 1.54) is 6.20 Å². The second-order valence-corrected chi connectivity index (χ2v) is 6.48. The lowest BCUT2D eigenvalue weighted by atomic mass is 10.0. The molecule has 3 nitrogen and oxygen atoms in total. The Morgan fingerprint density at radius 3 is 2.17 bits per heavy atom. The molecule has 7 heteroatoms. The van der Waals surface area contributed by atoms with E-state index in [-0.39, 0.29) is 5.82 Å². The van der Waals surface area contributed by atoms with Gasteiger partial charge in [-0.15, -0.1) is 0 Å². The number of rotatable bonds is 3. The zero-order valence-electron chi connectivity index (χ0n) is 11.9. The van der Waals surface area contributed by atoms with Crippen LogP contribution in [-0.4, -0.2) is 15.2 Å². The van der Waals surface area contributed by atoms with Gasteiger partial charge in [0.15, 0.2) is 0 Å². The molecule has 3 rings (SSSR count). The molecule has 2 aromatic carbocycles. The third kappa shape index (κ3) is 3.55. The Morgan fingerprint density at radius 2 is 1.54 bits per heavy atom. The second-order valence-electron chi connectivity index (χ2n) is 4.86. The number of carbonyl (C=O) groups excluding carboxylic acids is 1. The van der Waals surface area contributed by atoms with Crippen LogP contribution in [0.2, 0.25) is 15.1 Å². The highest BCUT2D eigenvalue weighted by Gasteiger charge is 2.17. The van der Waals surface area contributed by atoms with Crippen molar-refractivity contribution in [2.45, 2.75) is 0 Å². The molecule has 0 saturated carbocycles. The molecule has 0 aliphatic rings. The minimum absolute atomic E-state index is 0.101. The smallest absolute Gasteiger partial charge is 0.272 e. The monoisotopic (exact) mass is 396 g/mol. The lowest BCUT2D eigenvalue weighted by Crippen LogP contribution is -2.02. The first kappa shape index (κ1) is 17.2. The average Bonchev–Trinajstić information content (AvgIpc) is 2.55. The van der Waals surface area contributed by atoms with E-state index >= 15 is 0 Å². The number of benzene rings is 2. The van der Waals surface area contributed by atoms with Crippen molar-refractivity contribution in [3.8, 4) is 22.4 Å². The van der Waals surface area contributed by atoms with E-state index in [1.807, 2.05) is 12.1 Å². The van der Waals surface area contributed by atoms with Gasteiger partial charge in [-0.1, -0.05) is 46.9 Å². The maximum absolute atomic E-state index is 11.4. The van der Waals surface area contributed by atoms with E-state index < -0.39 is 5.24 Å². The summed E-state index contributed by atoms with van der Waals surface area (Å²) in [6.45, 7) is 0. The van der Waals surface area contributed by atoms with Gasteiger partial charge in [0.05, 0.1) is 10.7 Å². The van der Waals surface area contributed by atoms with E-state index in [9.17, 15) is 4.79 Å². The zero-order valence-corrected chi connectivity index (χ0v) is 15.0. The van der Waals surface area contributed by atoms with Crippen LogP contribution in [0.3, 0.4) is 0 Å². The predicted molar refractivity (Wildman–Crippen MR) is 98.1 cm³/mol. The summed E-state index contributed by atoms with van der Waals surface area (Å²) in [5.41, 5.74) is 2.62.